The van der Waals surface area contributed by atoms with Gasteiger partial charge in [0.05, 0.1) is 0 Å². The number of hydrogen-bond donors (Lipinski definition) is 1. The van der Waals surface area contributed by atoms with Crippen LogP contribution in [0, 0.1) is 0 Å². The molecule has 3 nitrogen and oxygen atoms in total. The third kappa shape index (κ3) is 3.48. The van der Waals surface area contributed by atoms with Crippen LogP contribution in [0.1, 0.15) is 15.9 Å². The van der Waals surface area contributed by atoms with Gasteiger partial charge in [-0.2, -0.15) is 0 Å². The molecule has 0 aromatic heterocycles. The van der Waals surface area contributed by atoms with Crippen molar-refractivity contribution in [1.29, 1.82) is 0 Å². The lowest BCUT2D eigenvalue weighted by molar-refractivity contribution is 0.0785. The lowest BCUT2D eigenvalue weighted by Gasteiger charge is -2.17. The summed E-state index contributed by atoms with van der Waals surface area (Å²) < 4.78 is 0. The molecule has 0 unspecified atom stereocenters. The van der Waals surface area contributed by atoms with Crippen LogP contribution in [0.3, 0.4) is 0 Å². The Bertz CT molecular complexity index is 598. The van der Waals surface area contributed by atoms with Crippen LogP contribution in [0.2, 0.25) is 5.02 Å². The van der Waals surface area contributed by atoms with Gasteiger partial charge in [-0.1, -0.05) is 29.8 Å². The van der Waals surface area contributed by atoms with Crippen LogP contribution in [0.5, 0.6) is 0 Å². The van der Waals surface area contributed by atoms with E-state index in [1.165, 1.54) is 0 Å². The molecule has 2 N–H and O–H groups in total. The zero-order chi connectivity index (χ0) is 13.8. The van der Waals surface area contributed by atoms with Crippen molar-refractivity contribution in [3.05, 3.63) is 64.7 Å². The van der Waals surface area contributed by atoms with Crippen molar-refractivity contribution in [3.8, 4) is 0 Å². The number of halogens is 1. The highest BCUT2D eigenvalue weighted by Gasteiger charge is 2.12. The van der Waals surface area contributed by atoms with E-state index in [1.54, 1.807) is 36.2 Å². The molecule has 98 valence electrons. The van der Waals surface area contributed by atoms with E-state index in [-0.39, 0.29) is 5.91 Å². The van der Waals surface area contributed by atoms with Crippen molar-refractivity contribution in [3.63, 3.8) is 0 Å². The van der Waals surface area contributed by atoms with E-state index in [0.29, 0.717) is 22.8 Å². The van der Waals surface area contributed by atoms with Crippen LogP contribution in [0.15, 0.2) is 48.5 Å². The molecule has 0 aliphatic heterocycles. The molecule has 0 radical (unpaired) electrons. The minimum atomic E-state index is -0.0649. The summed E-state index contributed by atoms with van der Waals surface area (Å²) in [7, 11) is 1.76. The van der Waals surface area contributed by atoms with Crippen LogP contribution in [-0.4, -0.2) is 17.9 Å². The fourth-order valence-electron chi connectivity index (χ4n) is 1.88. The maximum absolute atomic E-state index is 12.2. The molecule has 19 heavy (non-hydrogen) atoms. The molecule has 0 saturated heterocycles. The molecule has 0 aliphatic carbocycles. The molecule has 0 heterocycles. The fourth-order valence-corrected chi connectivity index (χ4v) is 2.07. The molecule has 0 fully saturated rings. The third-order valence-electron chi connectivity index (χ3n) is 2.79. The van der Waals surface area contributed by atoms with E-state index in [9.17, 15) is 4.79 Å². The normalized spacial score (nSPS) is 10.2. The number of nitrogen functional groups attached to an aromatic ring is 1. The van der Waals surface area contributed by atoms with Crippen LogP contribution in [0.25, 0.3) is 0 Å². The average molecular weight is 275 g/mol. The summed E-state index contributed by atoms with van der Waals surface area (Å²) in [5.41, 5.74) is 8.00. The minimum absolute atomic E-state index is 0.0649. The number of carbonyl (C=O) groups excluding carboxylic acids is 1. The first-order valence-electron chi connectivity index (χ1n) is 5.92. The van der Waals surface area contributed by atoms with Crippen molar-refractivity contribution < 1.29 is 4.79 Å². The zero-order valence-electron chi connectivity index (χ0n) is 10.6. The van der Waals surface area contributed by atoms with E-state index in [4.69, 9.17) is 17.3 Å². The van der Waals surface area contributed by atoms with Crippen molar-refractivity contribution in [2.45, 2.75) is 6.54 Å². The highest BCUT2D eigenvalue weighted by atomic mass is 35.5. The van der Waals surface area contributed by atoms with Gasteiger partial charge in [0.25, 0.3) is 5.91 Å². The second kappa shape index (κ2) is 5.76. The van der Waals surface area contributed by atoms with E-state index >= 15 is 0 Å². The number of benzene rings is 2. The van der Waals surface area contributed by atoms with Crippen molar-refractivity contribution in [2.75, 3.05) is 12.8 Å². The van der Waals surface area contributed by atoms with Gasteiger partial charge in [-0.3, -0.25) is 4.79 Å². The Morgan fingerprint density at radius 2 is 1.95 bits per heavy atom. The summed E-state index contributed by atoms with van der Waals surface area (Å²) in [5.74, 6) is -0.0649. The molecular weight excluding hydrogens is 260 g/mol. The van der Waals surface area contributed by atoms with Gasteiger partial charge in [-0.25, -0.2) is 0 Å². The smallest absolute Gasteiger partial charge is 0.253 e. The van der Waals surface area contributed by atoms with Gasteiger partial charge in [0.1, 0.15) is 0 Å². The van der Waals surface area contributed by atoms with Crippen molar-refractivity contribution in [1.82, 2.24) is 4.90 Å². The maximum Gasteiger partial charge on any atom is 0.253 e. The first-order valence-corrected chi connectivity index (χ1v) is 6.29. The Morgan fingerprint density at radius 1 is 1.21 bits per heavy atom. The highest BCUT2D eigenvalue weighted by Crippen LogP contribution is 2.14. The number of rotatable bonds is 3. The van der Waals surface area contributed by atoms with Gasteiger partial charge in [0, 0.05) is 29.9 Å². The summed E-state index contributed by atoms with van der Waals surface area (Å²) in [6, 6.07) is 14.4. The number of hydrogen-bond acceptors (Lipinski definition) is 2. The van der Waals surface area contributed by atoms with Gasteiger partial charge in [-0.15, -0.1) is 0 Å². The van der Waals surface area contributed by atoms with Gasteiger partial charge >= 0.3 is 0 Å². The molecule has 1 amide bonds. The summed E-state index contributed by atoms with van der Waals surface area (Å²) >= 11 is 5.89. The molecule has 0 bridgehead atoms. The molecular formula is C15H15ClN2O. The summed E-state index contributed by atoms with van der Waals surface area (Å²) in [6.45, 7) is 0.510. The maximum atomic E-state index is 12.2. The summed E-state index contributed by atoms with van der Waals surface area (Å²) in [5, 5.41) is 0.559. The second-order valence-electron chi connectivity index (χ2n) is 4.42. The van der Waals surface area contributed by atoms with Crippen LogP contribution in [-0.2, 0) is 6.54 Å². The minimum Gasteiger partial charge on any atom is -0.399 e. The Kier molecular flexibility index (Phi) is 4.07. The topological polar surface area (TPSA) is 46.3 Å². The molecule has 0 aliphatic rings. The average Bonchev–Trinajstić information content (AvgIpc) is 2.38. The number of nitrogens with two attached hydrogens (primary N) is 1. The second-order valence-corrected chi connectivity index (χ2v) is 4.85. The molecule has 0 saturated carbocycles. The number of nitrogens with zero attached hydrogens (tertiary/aromatic N) is 1. The largest absolute Gasteiger partial charge is 0.399 e. The van der Waals surface area contributed by atoms with E-state index in [2.05, 4.69) is 0 Å². The van der Waals surface area contributed by atoms with Gasteiger partial charge in [0.2, 0.25) is 0 Å². The van der Waals surface area contributed by atoms with Crippen LogP contribution < -0.4 is 5.73 Å². The summed E-state index contributed by atoms with van der Waals surface area (Å²) in [4.78, 5) is 13.9. The summed E-state index contributed by atoms with van der Waals surface area (Å²) in [6.07, 6.45) is 0. The molecule has 2 aromatic carbocycles. The quantitative estimate of drug-likeness (QED) is 0.874. The SMILES string of the molecule is CN(Cc1cccc(N)c1)C(=O)c1cccc(Cl)c1. The van der Waals surface area contributed by atoms with Crippen molar-refractivity contribution >= 4 is 23.2 Å². The molecule has 2 rings (SSSR count). The lowest BCUT2D eigenvalue weighted by atomic mass is 10.1. The number of amides is 1. The van der Waals surface area contributed by atoms with Gasteiger partial charge in [-0.05, 0) is 35.9 Å². The monoisotopic (exact) mass is 274 g/mol. The van der Waals surface area contributed by atoms with E-state index in [0.717, 1.165) is 5.56 Å². The van der Waals surface area contributed by atoms with Crippen LogP contribution >= 0.6 is 11.6 Å². The van der Waals surface area contributed by atoms with Gasteiger partial charge in [0.15, 0.2) is 0 Å². The Labute approximate surface area is 117 Å². The molecule has 4 heteroatoms. The van der Waals surface area contributed by atoms with E-state index in [1.807, 2.05) is 24.3 Å². The standard InChI is InChI=1S/C15H15ClN2O/c1-18(10-11-4-2-7-14(17)8-11)15(19)12-5-3-6-13(16)9-12/h2-9H,10,17H2,1H3. The van der Waals surface area contributed by atoms with E-state index < -0.39 is 0 Å². The van der Waals surface area contributed by atoms with Crippen LogP contribution in [0.4, 0.5) is 5.69 Å². The number of anilines is 1. The first-order chi connectivity index (χ1) is 9.06. The highest BCUT2D eigenvalue weighted by molar-refractivity contribution is 6.30. The molecule has 2 aromatic rings. The van der Waals surface area contributed by atoms with Crippen molar-refractivity contribution in [2.24, 2.45) is 0 Å². The molecule has 0 atom stereocenters. The Hall–Kier alpha value is -2.00. The number of carbonyl (C=O) groups is 1. The first kappa shape index (κ1) is 13.4. The Balaban J connectivity index is 2.12. The van der Waals surface area contributed by atoms with Gasteiger partial charge < -0.3 is 10.6 Å². The fraction of sp³-hybridized carbons (Fsp3) is 0.133. The lowest BCUT2D eigenvalue weighted by Crippen LogP contribution is -2.26. The third-order valence-corrected chi connectivity index (χ3v) is 3.02. The Morgan fingerprint density at radius 3 is 2.63 bits per heavy atom. The molecule has 0 spiro atoms. The predicted molar refractivity (Wildman–Crippen MR) is 78.1 cm³/mol. The predicted octanol–water partition coefficient (Wildman–Crippen LogP) is 3.19. The zero-order valence-corrected chi connectivity index (χ0v) is 11.4.